The summed E-state index contributed by atoms with van der Waals surface area (Å²) in [6.45, 7) is 6.83. The van der Waals surface area contributed by atoms with E-state index in [1.165, 1.54) is 0 Å². The molecule has 1 rings (SSSR count). The number of carbonyl (C=O) groups excluding carboxylic acids is 1. The van der Waals surface area contributed by atoms with Gasteiger partial charge in [-0.05, 0) is 38.5 Å². The Kier molecular flexibility index (Phi) is 5.40. The van der Waals surface area contributed by atoms with Gasteiger partial charge in [-0.1, -0.05) is 13.8 Å². The zero-order valence-electron chi connectivity index (χ0n) is 11.2. The van der Waals surface area contributed by atoms with E-state index in [4.69, 9.17) is 4.74 Å². The van der Waals surface area contributed by atoms with E-state index in [-0.39, 0.29) is 12.0 Å². The second kappa shape index (κ2) is 6.36. The molecule has 1 aliphatic heterocycles. The summed E-state index contributed by atoms with van der Waals surface area (Å²) in [5.74, 6) is 0.321. The molecule has 0 spiro atoms. The lowest BCUT2D eigenvalue weighted by Crippen LogP contribution is -2.46. The molecule has 0 radical (unpaired) electrons. The lowest BCUT2D eigenvalue weighted by Gasteiger charge is -2.27. The third-order valence-corrected chi connectivity index (χ3v) is 2.96. The molecule has 0 saturated carbocycles. The fourth-order valence-electron chi connectivity index (χ4n) is 2.29. The van der Waals surface area contributed by atoms with E-state index >= 15 is 0 Å². The number of carbonyl (C=O) groups is 1. The Balaban J connectivity index is 2.31. The van der Waals surface area contributed by atoms with E-state index in [0.29, 0.717) is 25.5 Å². The van der Waals surface area contributed by atoms with Gasteiger partial charge in [-0.15, -0.1) is 0 Å². The molecule has 4 nitrogen and oxygen atoms in total. The average molecular weight is 243 g/mol. The molecule has 2 unspecified atom stereocenters. The molecule has 1 aliphatic rings. The monoisotopic (exact) mass is 243 g/mol. The van der Waals surface area contributed by atoms with Crippen LogP contribution in [0.5, 0.6) is 0 Å². The average Bonchev–Trinajstić information content (AvgIpc) is 2.25. The summed E-state index contributed by atoms with van der Waals surface area (Å²) in [5, 5.41) is 12.9. The number of hydrogen-bond donors (Lipinski definition) is 2. The number of nitrogens with one attached hydrogen (secondary N) is 1. The smallest absolute Gasteiger partial charge is 0.249 e. The number of amides is 1. The maximum absolute atomic E-state index is 11.8. The standard InChI is InChI=1S/C13H25NO3/c1-10(2)8-13(3,16)9-14-12(15)11-6-4-5-7-17-11/h10-11,16H,4-9H2,1-3H3,(H,14,15). The van der Waals surface area contributed by atoms with Crippen LogP contribution in [0.2, 0.25) is 0 Å². The van der Waals surface area contributed by atoms with E-state index in [1.54, 1.807) is 6.92 Å². The Morgan fingerprint density at radius 2 is 2.24 bits per heavy atom. The molecule has 4 heteroatoms. The molecule has 1 saturated heterocycles. The van der Waals surface area contributed by atoms with Crippen LogP contribution < -0.4 is 5.32 Å². The number of rotatable bonds is 5. The molecule has 0 bridgehead atoms. The molecule has 100 valence electrons. The van der Waals surface area contributed by atoms with Crippen molar-refractivity contribution >= 4 is 5.91 Å². The summed E-state index contributed by atoms with van der Waals surface area (Å²) in [7, 11) is 0. The first-order chi connectivity index (χ1) is 7.91. The minimum Gasteiger partial charge on any atom is -0.388 e. The summed E-state index contributed by atoms with van der Waals surface area (Å²) in [4.78, 5) is 11.8. The SMILES string of the molecule is CC(C)CC(C)(O)CNC(=O)C1CCCCO1. The lowest BCUT2D eigenvalue weighted by atomic mass is 9.94. The van der Waals surface area contributed by atoms with Crippen molar-refractivity contribution in [1.82, 2.24) is 5.32 Å². The second-order valence-corrected chi connectivity index (χ2v) is 5.67. The number of ether oxygens (including phenoxy) is 1. The van der Waals surface area contributed by atoms with Crippen LogP contribution in [-0.2, 0) is 9.53 Å². The van der Waals surface area contributed by atoms with Gasteiger partial charge in [-0.25, -0.2) is 0 Å². The zero-order valence-corrected chi connectivity index (χ0v) is 11.2. The minimum absolute atomic E-state index is 0.0891. The quantitative estimate of drug-likeness (QED) is 0.768. The van der Waals surface area contributed by atoms with Gasteiger partial charge in [0.15, 0.2) is 0 Å². The van der Waals surface area contributed by atoms with Crippen LogP contribution in [0.1, 0.15) is 46.5 Å². The molecule has 0 aromatic rings. The van der Waals surface area contributed by atoms with Crippen molar-refractivity contribution in [2.75, 3.05) is 13.2 Å². The maximum atomic E-state index is 11.8. The summed E-state index contributed by atoms with van der Waals surface area (Å²) in [6, 6.07) is 0. The number of aliphatic hydroxyl groups is 1. The highest BCUT2D eigenvalue weighted by atomic mass is 16.5. The molecule has 0 aliphatic carbocycles. The molecule has 17 heavy (non-hydrogen) atoms. The highest BCUT2D eigenvalue weighted by Gasteiger charge is 2.26. The van der Waals surface area contributed by atoms with Crippen LogP contribution in [-0.4, -0.2) is 35.9 Å². The Bertz CT molecular complexity index is 245. The summed E-state index contributed by atoms with van der Waals surface area (Å²) < 4.78 is 5.39. The molecule has 2 N–H and O–H groups in total. The fraction of sp³-hybridized carbons (Fsp3) is 0.923. The van der Waals surface area contributed by atoms with E-state index in [1.807, 2.05) is 0 Å². The highest BCUT2D eigenvalue weighted by Crippen LogP contribution is 2.16. The molecule has 1 heterocycles. The van der Waals surface area contributed by atoms with Gasteiger partial charge in [0, 0.05) is 13.2 Å². The third kappa shape index (κ3) is 5.50. The predicted molar refractivity (Wildman–Crippen MR) is 66.7 cm³/mol. The number of hydrogen-bond acceptors (Lipinski definition) is 3. The summed E-state index contributed by atoms with van der Waals surface area (Å²) in [5.41, 5.74) is -0.835. The topological polar surface area (TPSA) is 58.6 Å². The zero-order chi connectivity index (χ0) is 12.9. The Morgan fingerprint density at radius 1 is 1.53 bits per heavy atom. The molecule has 2 atom stereocenters. The largest absolute Gasteiger partial charge is 0.388 e. The van der Waals surface area contributed by atoms with Gasteiger partial charge >= 0.3 is 0 Å². The Hall–Kier alpha value is -0.610. The van der Waals surface area contributed by atoms with Crippen molar-refractivity contribution in [3.8, 4) is 0 Å². The first-order valence-electron chi connectivity index (χ1n) is 6.52. The fourth-order valence-corrected chi connectivity index (χ4v) is 2.29. The maximum Gasteiger partial charge on any atom is 0.249 e. The molecular weight excluding hydrogens is 218 g/mol. The lowest BCUT2D eigenvalue weighted by molar-refractivity contribution is -0.136. The minimum atomic E-state index is -0.835. The molecule has 0 aromatic heterocycles. The molecular formula is C13H25NO3. The van der Waals surface area contributed by atoms with Gasteiger partial charge in [-0.3, -0.25) is 4.79 Å². The predicted octanol–water partition coefficient (Wildman–Crippen LogP) is 1.47. The summed E-state index contributed by atoms with van der Waals surface area (Å²) >= 11 is 0. The van der Waals surface area contributed by atoms with Gasteiger partial charge < -0.3 is 15.2 Å². The van der Waals surface area contributed by atoms with Crippen LogP contribution in [0.25, 0.3) is 0 Å². The van der Waals surface area contributed by atoms with Gasteiger partial charge in [0.2, 0.25) is 5.91 Å². The van der Waals surface area contributed by atoms with Crippen molar-refractivity contribution in [2.45, 2.75) is 58.2 Å². The van der Waals surface area contributed by atoms with E-state index in [2.05, 4.69) is 19.2 Å². The first-order valence-corrected chi connectivity index (χ1v) is 6.52. The highest BCUT2D eigenvalue weighted by molar-refractivity contribution is 5.80. The van der Waals surface area contributed by atoms with Crippen molar-refractivity contribution in [3.05, 3.63) is 0 Å². The van der Waals surface area contributed by atoms with Gasteiger partial charge in [-0.2, -0.15) is 0 Å². The van der Waals surface area contributed by atoms with Crippen LogP contribution >= 0.6 is 0 Å². The normalized spacial score (nSPS) is 24.4. The van der Waals surface area contributed by atoms with Crippen LogP contribution in [0, 0.1) is 5.92 Å². The first kappa shape index (κ1) is 14.5. The van der Waals surface area contributed by atoms with E-state index in [0.717, 1.165) is 19.3 Å². The van der Waals surface area contributed by atoms with Crippen molar-refractivity contribution in [2.24, 2.45) is 5.92 Å². The molecule has 1 fully saturated rings. The van der Waals surface area contributed by atoms with Crippen molar-refractivity contribution in [1.29, 1.82) is 0 Å². The van der Waals surface area contributed by atoms with E-state index in [9.17, 15) is 9.90 Å². The Morgan fingerprint density at radius 3 is 2.76 bits per heavy atom. The molecule has 0 aromatic carbocycles. The van der Waals surface area contributed by atoms with Crippen molar-refractivity contribution in [3.63, 3.8) is 0 Å². The summed E-state index contributed by atoms with van der Waals surface area (Å²) in [6.07, 6.45) is 3.23. The Labute approximate surface area is 104 Å². The van der Waals surface area contributed by atoms with Crippen molar-refractivity contribution < 1.29 is 14.6 Å². The second-order valence-electron chi connectivity index (χ2n) is 5.67. The van der Waals surface area contributed by atoms with E-state index < -0.39 is 5.60 Å². The van der Waals surface area contributed by atoms with Gasteiger partial charge in [0.25, 0.3) is 0 Å². The van der Waals surface area contributed by atoms with Crippen LogP contribution in [0.3, 0.4) is 0 Å². The third-order valence-electron chi connectivity index (χ3n) is 2.96. The molecule has 1 amide bonds. The van der Waals surface area contributed by atoms with Gasteiger partial charge in [0.1, 0.15) is 6.10 Å². The van der Waals surface area contributed by atoms with Crippen LogP contribution in [0.4, 0.5) is 0 Å². The van der Waals surface area contributed by atoms with Gasteiger partial charge in [0.05, 0.1) is 5.60 Å². The van der Waals surface area contributed by atoms with Crippen LogP contribution in [0.15, 0.2) is 0 Å².